The van der Waals surface area contributed by atoms with Gasteiger partial charge in [-0.3, -0.25) is 0 Å². The van der Waals surface area contributed by atoms with E-state index in [1.807, 2.05) is 6.92 Å². The third-order valence-corrected chi connectivity index (χ3v) is 5.06. The predicted molar refractivity (Wildman–Crippen MR) is 102 cm³/mol. The highest BCUT2D eigenvalue weighted by Gasteiger charge is 2.60. The maximum Gasteiger partial charge on any atom is 0.419 e. The second-order valence-electron chi connectivity index (χ2n) is 7.97. The first-order valence-corrected chi connectivity index (χ1v) is 9.77. The summed E-state index contributed by atoms with van der Waals surface area (Å²) in [5, 5.41) is 20.1. The topological polar surface area (TPSA) is 52.9 Å². The van der Waals surface area contributed by atoms with Gasteiger partial charge in [0.25, 0.3) is 0 Å². The molecule has 3 unspecified atom stereocenters. The number of halogens is 4. The van der Waals surface area contributed by atoms with Crippen LogP contribution in [0.15, 0.2) is 30.5 Å². The van der Waals surface area contributed by atoms with E-state index in [2.05, 4.69) is 0 Å². The number of aliphatic hydroxyl groups excluding tert-OH is 1. The molecule has 1 aromatic rings. The third-order valence-electron chi connectivity index (χ3n) is 5.06. The summed E-state index contributed by atoms with van der Waals surface area (Å²) in [5.74, 6) is -0.252. The lowest BCUT2D eigenvalue weighted by atomic mass is 9.78. The van der Waals surface area contributed by atoms with Crippen molar-refractivity contribution in [1.82, 2.24) is 4.90 Å². The van der Waals surface area contributed by atoms with E-state index in [0.717, 1.165) is 12.5 Å². The quantitative estimate of drug-likeness (QED) is 0.548. The van der Waals surface area contributed by atoms with Crippen LogP contribution in [0.5, 0.6) is 5.75 Å². The van der Waals surface area contributed by atoms with E-state index in [-0.39, 0.29) is 0 Å². The molecule has 0 fully saturated rings. The highest BCUT2D eigenvalue weighted by atomic mass is 19.4. The first kappa shape index (κ1) is 23.5. The fourth-order valence-electron chi connectivity index (χ4n) is 3.50. The van der Waals surface area contributed by atoms with Gasteiger partial charge in [0.15, 0.2) is 5.60 Å². The molecule has 0 spiro atoms. The molecular weight excluding hydrogens is 390 g/mol. The Balaban J connectivity index is 2.25. The molecule has 0 saturated heterocycles. The fraction of sp³-hybridized carbons (Fsp3) is 0.619. The molecule has 0 amide bonds. The summed E-state index contributed by atoms with van der Waals surface area (Å²) in [6, 6.07) is 3.69. The largest absolute Gasteiger partial charge is 0.482 e. The van der Waals surface area contributed by atoms with Gasteiger partial charge in [-0.2, -0.15) is 13.2 Å². The molecule has 0 radical (unpaired) electrons. The summed E-state index contributed by atoms with van der Waals surface area (Å²) < 4.78 is 60.8. The van der Waals surface area contributed by atoms with Gasteiger partial charge in [-0.1, -0.05) is 19.4 Å². The highest BCUT2D eigenvalue weighted by Crippen LogP contribution is 2.51. The van der Waals surface area contributed by atoms with Crippen molar-refractivity contribution >= 4 is 0 Å². The fourth-order valence-corrected chi connectivity index (χ4v) is 3.50. The number of rotatable bonds is 10. The SMILES string of the molecule is CCCCN(/C=C\CC(C)O)CC(O)(CC1(C)Oc2ccc(F)cc21)C(F)(F)F. The predicted octanol–water partition coefficient (Wildman–Crippen LogP) is 4.50. The maximum absolute atomic E-state index is 13.9. The van der Waals surface area contributed by atoms with Crippen LogP contribution in [0.3, 0.4) is 0 Å². The number of benzene rings is 1. The average molecular weight is 419 g/mol. The second kappa shape index (κ2) is 8.92. The summed E-state index contributed by atoms with van der Waals surface area (Å²) in [6.07, 6.45) is -1.50. The Morgan fingerprint density at radius 2 is 2.00 bits per heavy atom. The number of aliphatic hydroxyl groups is 2. The normalized spacial score (nSPS) is 21.8. The highest BCUT2D eigenvalue weighted by molar-refractivity contribution is 5.46. The van der Waals surface area contributed by atoms with Gasteiger partial charge in [-0.05, 0) is 51.1 Å². The summed E-state index contributed by atoms with van der Waals surface area (Å²) >= 11 is 0. The average Bonchev–Trinajstić information content (AvgIpc) is 2.59. The van der Waals surface area contributed by atoms with Crippen molar-refractivity contribution in [3.63, 3.8) is 0 Å². The minimum Gasteiger partial charge on any atom is -0.482 e. The van der Waals surface area contributed by atoms with E-state index >= 15 is 0 Å². The van der Waals surface area contributed by atoms with E-state index in [4.69, 9.17) is 4.74 Å². The Labute approximate surface area is 168 Å². The lowest BCUT2D eigenvalue weighted by molar-refractivity contribution is -0.279. The zero-order valence-electron chi connectivity index (χ0n) is 17.0. The van der Waals surface area contributed by atoms with Crippen molar-refractivity contribution in [1.29, 1.82) is 0 Å². The smallest absolute Gasteiger partial charge is 0.419 e. The zero-order chi connectivity index (χ0) is 21.9. The summed E-state index contributed by atoms with van der Waals surface area (Å²) in [4.78, 5) is 1.41. The molecule has 3 atom stereocenters. The van der Waals surface area contributed by atoms with Gasteiger partial charge in [-0.15, -0.1) is 0 Å². The monoisotopic (exact) mass is 419 g/mol. The lowest BCUT2D eigenvalue weighted by Gasteiger charge is -2.47. The number of hydrogen-bond donors (Lipinski definition) is 2. The van der Waals surface area contributed by atoms with Gasteiger partial charge < -0.3 is 19.8 Å². The van der Waals surface area contributed by atoms with Gasteiger partial charge in [0.1, 0.15) is 17.2 Å². The second-order valence-corrected chi connectivity index (χ2v) is 7.97. The number of alkyl halides is 3. The van der Waals surface area contributed by atoms with E-state index in [0.29, 0.717) is 30.7 Å². The molecule has 2 N–H and O–H groups in total. The van der Waals surface area contributed by atoms with Gasteiger partial charge in [0.05, 0.1) is 12.6 Å². The summed E-state index contributed by atoms with van der Waals surface area (Å²) in [5.41, 5.74) is -4.19. The Morgan fingerprint density at radius 1 is 1.31 bits per heavy atom. The Hall–Kier alpha value is -1.80. The molecule has 8 heteroatoms. The van der Waals surface area contributed by atoms with E-state index in [1.165, 1.54) is 30.2 Å². The van der Waals surface area contributed by atoms with Crippen LogP contribution in [0.25, 0.3) is 0 Å². The van der Waals surface area contributed by atoms with Crippen LogP contribution in [-0.2, 0) is 5.60 Å². The van der Waals surface area contributed by atoms with Crippen LogP contribution >= 0.6 is 0 Å². The number of hydrogen-bond acceptors (Lipinski definition) is 4. The molecule has 29 heavy (non-hydrogen) atoms. The molecule has 1 aliphatic heterocycles. The van der Waals surface area contributed by atoms with Crippen molar-refractivity contribution in [2.24, 2.45) is 0 Å². The van der Waals surface area contributed by atoms with E-state index in [1.54, 1.807) is 13.0 Å². The minimum atomic E-state index is -4.91. The number of fused-ring (bicyclic) bond motifs is 1. The number of ether oxygens (including phenoxy) is 1. The molecule has 0 aromatic heterocycles. The molecule has 4 nitrogen and oxygen atoms in total. The van der Waals surface area contributed by atoms with Crippen molar-refractivity contribution < 1.29 is 32.5 Å². The molecule has 2 rings (SSSR count). The molecular formula is C21H29F4NO3. The number of nitrogens with zero attached hydrogens (tertiary/aromatic N) is 1. The molecule has 164 valence electrons. The van der Waals surface area contributed by atoms with Crippen LogP contribution < -0.4 is 4.74 Å². The Morgan fingerprint density at radius 3 is 2.59 bits per heavy atom. The molecule has 1 aromatic carbocycles. The lowest BCUT2D eigenvalue weighted by Crippen LogP contribution is -2.58. The van der Waals surface area contributed by atoms with Gasteiger partial charge in [-0.25, -0.2) is 4.39 Å². The van der Waals surface area contributed by atoms with Crippen molar-refractivity contribution in [3.05, 3.63) is 41.9 Å². The van der Waals surface area contributed by atoms with Crippen molar-refractivity contribution in [2.75, 3.05) is 13.1 Å². The van der Waals surface area contributed by atoms with Gasteiger partial charge >= 0.3 is 6.18 Å². The maximum atomic E-state index is 13.9. The first-order valence-electron chi connectivity index (χ1n) is 9.77. The third kappa shape index (κ3) is 5.63. The van der Waals surface area contributed by atoms with Crippen LogP contribution in [0.1, 0.15) is 52.0 Å². The molecule has 0 aliphatic carbocycles. The van der Waals surface area contributed by atoms with Crippen LogP contribution in [0.2, 0.25) is 0 Å². The minimum absolute atomic E-state index is 0.292. The Kier molecular flexibility index (Phi) is 7.22. The van der Waals surface area contributed by atoms with Crippen molar-refractivity contribution in [2.45, 2.75) is 69.9 Å². The van der Waals surface area contributed by atoms with E-state index in [9.17, 15) is 27.8 Å². The molecule has 0 saturated carbocycles. The summed E-state index contributed by atoms with van der Waals surface area (Å²) in [7, 11) is 0. The standard InChI is InChI=1S/C21H29F4NO3/c1-4-5-10-26(11-6-7-15(2)27)14-20(28,21(23,24)25)13-19(3)17-12-16(22)8-9-18(17)29-19/h6,8-9,11-12,15,27-28H,4-5,7,10,13-14H2,1-3H3/b11-6-. The van der Waals surface area contributed by atoms with Gasteiger partial charge in [0.2, 0.25) is 0 Å². The van der Waals surface area contributed by atoms with Gasteiger partial charge in [0, 0.05) is 18.5 Å². The molecule has 1 heterocycles. The zero-order valence-corrected chi connectivity index (χ0v) is 17.0. The van der Waals surface area contributed by atoms with Crippen LogP contribution in [-0.4, -0.2) is 46.1 Å². The summed E-state index contributed by atoms with van der Waals surface area (Å²) in [6.45, 7) is 4.57. The molecule has 1 aliphatic rings. The van der Waals surface area contributed by atoms with Crippen LogP contribution in [0, 0.1) is 5.82 Å². The first-order chi connectivity index (χ1) is 13.4. The van der Waals surface area contributed by atoms with Crippen LogP contribution in [0.4, 0.5) is 17.6 Å². The Bertz CT molecular complexity index is 722. The number of unbranched alkanes of at least 4 members (excludes halogenated alkanes) is 1. The van der Waals surface area contributed by atoms with Crippen molar-refractivity contribution in [3.8, 4) is 5.75 Å². The van der Waals surface area contributed by atoms with E-state index < -0.39 is 42.3 Å². The molecule has 0 bridgehead atoms.